The van der Waals surface area contributed by atoms with E-state index in [4.69, 9.17) is 29.7 Å². The number of nitrogens with two attached hydrogens (primary N) is 1. The lowest BCUT2D eigenvalue weighted by molar-refractivity contribution is -0.139. The Morgan fingerprint density at radius 1 is 1.10 bits per heavy atom. The van der Waals surface area contributed by atoms with Crippen LogP contribution in [0.2, 0.25) is 0 Å². The number of esters is 1. The van der Waals surface area contributed by atoms with Gasteiger partial charge in [0.25, 0.3) is 0 Å². The van der Waals surface area contributed by atoms with Crippen molar-refractivity contribution in [3.63, 3.8) is 0 Å². The number of allylic oxidation sites excluding steroid dienone is 1. The van der Waals surface area contributed by atoms with E-state index in [-0.39, 0.29) is 35.1 Å². The lowest BCUT2D eigenvalue weighted by Crippen LogP contribution is -2.27. The van der Waals surface area contributed by atoms with E-state index in [1.54, 1.807) is 25.1 Å². The second kappa shape index (κ2) is 13.3. The predicted octanol–water partition coefficient (Wildman–Crippen LogP) is 5.05. The first-order chi connectivity index (χ1) is 19.4. The molecule has 1 aliphatic heterocycles. The Bertz CT molecular complexity index is 1440. The number of benzene rings is 1. The molecule has 1 aliphatic carbocycles. The Morgan fingerprint density at radius 2 is 1.85 bits per heavy atom. The lowest BCUT2D eigenvalue weighted by atomic mass is 9.83. The van der Waals surface area contributed by atoms with Crippen LogP contribution in [0.1, 0.15) is 60.9 Å². The van der Waals surface area contributed by atoms with Crippen LogP contribution in [0.25, 0.3) is 0 Å². The van der Waals surface area contributed by atoms with Crippen molar-refractivity contribution in [1.29, 1.82) is 10.5 Å². The molecule has 2 heterocycles. The number of ether oxygens (including phenoxy) is 4. The van der Waals surface area contributed by atoms with E-state index in [1.165, 1.54) is 32.4 Å². The number of aryl methyl sites for hydroxylation is 2. The summed E-state index contributed by atoms with van der Waals surface area (Å²) in [6.07, 6.45) is 6.26. The molecule has 0 saturated heterocycles. The number of nitriles is 2. The first-order valence-corrected chi connectivity index (χ1v) is 14.2. The maximum atomic E-state index is 13.4. The molecule has 208 valence electrons. The Hall–Kier alpha value is -4.15. The van der Waals surface area contributed by atoms with Crippen LogP contribution in [0.15, 0.2) is 52.1 Å². The number of carbonyl (C=O) groups is 1. The van der Waals surface area contributed by atoms with Crippen LogP contribution in [-0.2, 0) is 27.1 Å². The van der Waals surface area contributed by atoms with Gasteiger partial charge in [0.05, 0.1) is 43.6 Å². The average molecular weight is 561 g/mol. The molecule has 4 rings (SSSR count). The van der Waals surface area contributed by atoms with Crippen LogP contribution in [0.3, 0.4) is 0 Å². The molecular formula is C30H32N4O5S. The third kappa shape index (κ3) is 6.03. The van der Waals surface area contributed by atoms with Crippen LogP contribution in [-0.4, -0.2) is 37.5 Å². The maximum absolute atomic E-state index is 13.4. The fraction of sp³-hybridized carbons (Fsp3) is 0.400. The molecule has 0 saturated carbocycles. The number of fused-ring (bicyclic) bond motifs is 1. The van der Waals surface area contributed by atoms with Crippen LogP contribution >= 0.6 is 11.8 Å². The number of rotatable bonds is 8. The SMILES string of the molecule is CCOC(=O)C1=C(CSc2nc3c(cc2C#N)CCCCCC3)OC(N)=C(C#N)C1c1ccc(OC)c(OC)c1. The maximum Gasteiger partial charge on any atom is 0.338 e. The molecule has 0 radical (unpaired) electrons. The minimum absolute atomic E-state index is 0.0842. The highest BCUT2D eigenvalue weighted by molar-refractivity contribution is 7.99. The highest BCUT2D eigenvalue weighted by Gasteiger charge is 2.38. The van der Waals surface area contributed by atoms with Gasteiger partial charge in [0, 0.05) is 5.69 Å². The Kier molecular flexibility index (Phi) is 9.57. The quantitative estimate of drug-likeness (QED) is 0.344. The number of aromatic nitrogens is 1. The number of pyridine rings is 1. The molecule has 1 atom stereocenters. The minimum Gasteiger partial charge on any atom is -0.493 e. The van der Waals surface area contributed by atoms with Gasteiger partial charge in [-0.3, -0.25) is 0 Å². The van der Waals surface area contributed by atoms with Crippen molar-refractivity contribution in [2.75, 3.05) is 26.6 Å². The van der Waals surface area contributed by atoms with Gasteiger partial charge >= 0.3 is 5.97 Å². The van der Waals surface area contributed by atoms with E-state index >= 15 is 0 Å². The van der Waals surface area contributed by atoms with E-state index in [9.17, 15) is 15.3 Å². The molecule has 0 bridgehead atoms. The van der Waals surface area contributed by atoms with Crippen molar-refractivity contribution in [1.82, 2.24) is 4.98 Å². The number of carbonyl (C=O) groups excluding carboxylic acids is 1. The second-order valence-corrected chi connectivity index (χ2v) is 10.3. The summed E-state index contributed by atoms with van der Waals surface area (Å²) in [4.78, 5) is 18.2. The fourth-order valence-electron chi connectivity index (χ4n) is 5.02. The van der Waals surface area contributed by atoms with Crippen molar-refractivity contribution in [3.05, 3.63) is 69.4 Å². The third-order valence-electron chi connectivity index (χ3n) is 6.96. The topological polar surface area (TPSA) is 140 Å². The van der Waals surface area contributed by atoms with Gasteiger partial charge in [-0.25, -0.2) is 9.78 Å². The van der Waals surface area contributed by atoms with E-state index in [0.29, 0.717) is 27.7 Å². The average Bonchev–Trinajstić information content (AvgIpc) is 2.95. The number of hydrogen-bond donors (Lipinski definition) is 1. The van der Waals surface area contributed by atoms with Gasteiger partial charge in [0.15, 0.2) is 11.5 Å². The van der Waals surface area contributed by atoms with Crippen LogP contribution in [0.5, 0.6) is 11.5 Å². The minimum atomic E-state index is -0.854. The normalized spacial score (nSPS) is 17.0. The standard InChI is InChI=1S/C30H32N4O5S/c1-4-38-30(35)27-25(17-40-29-20(15-31)13-18-9-7-5-6-8-10-22(18)34-29)39-28(33)21(16-32)26(27)19-11-12-23(36-2)24(14-19)37-3/h11-14,26H,4-10,17,33H2,1-3H3. The summed E-state index contributed by atoms with van der Waals surface area (Å²) in [7, 11) is 3.03. The van der Waals surface area contributed by atoms with Crippen LogP contribution in [0, 0.1) is 22.7 Å². The molecule has 1 aromatic carbocycles. The molecule has 0 fully saturated rings. The van der Waals surface area contributed by atoms with E-state index in [2.05, 4.69) is 12.1 Å². The summed E-state index contributed by atoms with van der Waals surface area (Å²) < 4.78 is 22.1. The van der Waals surface area contributed by atoms with E-state index < -0.39 is 11.9 Å². The predicted molar refractivity (Wildman–Crippen MR) is 149 cm³/mol. The van der Waals surface area contributed by atoms with Gasteiger partial charge in [0.2, 0.25) is 5.88 Å². The molecule has 9 nitrogen and oxygen atoms in total. The van der Waals surface area contributed by atoms with Crippen molar-refractivity contribution < 1.29 is 23.7 Å². The van der Waals surface area contributed by atoms with Gasteiger partial charge in [-0.05, 0) is 61.9 Å². The van der Waals surface area contributed by atoms with Gasteiger partial charge in [-0.2, -0.15) is 10.5 Å². The summed E-state index contributed by atoms with van der Waals surface area (Å²) in [5.41, 5.74) is 9.69. The molecule has 2 N–H and O–H groups in total. The second-order valence-electron chi connectivity index (χ2n) is 9.36. The fourth-order valence-corrected chi connectivity index (χ4v) is 5.93. The highest BCUT2D eigenvalue weighted by Crippen LogP contribution is 2.43. The van der Waals surface area contributed by atoms with E-state index in [1.807, 2.05) is 6.07 Å². The largest absolute Gasteiger partial charge is 0.493 e. The van der Waals surface area contributed by atoms with Crippen molar-refractivity contribution in [2.24, 2.45) is 5.73 Å². The van der Waals surface area contributed by atoms with Gasteiger partial charge in [-0.1, -0.05) is 30.7 Å². The summed E-state index contributed by atoms with van der Waals surface area (Å²) in [6, 6.07) is 11.5. The number of nitrogens with zero attached hydrogens (tertiary/aromatic N) is 3. The zero-order chi connectivity index (χ0) is 28.6. The number of hydrogen-bond acceptors (Lipinski definition) is 10. The third-order valence-corrected chi connectivity index (χ3v) is 7.95. The molecule has 40 heavy (non-hydrogen) atoms. The molecule has 0 spiro atoms. The summed E-state index contributed by atoms with van der Waals surface area (Å²) in [5.74, 6) is -0.241. The molecule has 1 unspecified atom stereocenters. The van der Waals surface area contributed by atoms with Crippen molar-refractivity contribution >= 4 is 17.7 Å². The summed E-state index contributed by atoms with van der Waals surface area (Å²) >= 11 is 1.29. The molecule has 10 heteroatoms. The summed E-state index contributed by atoms with van der Waals surface area (Å²) in [5, 5.41) is 20.5. The van der Waals surface area contributed by atoms with Crippen LogP contribution in [0.4, 0.5) is 0 Å². The number of thioether (sulfide) groups is 1. The van der Waals surface area contributed by atoms with E-state index in [0.717, 1.165) is 43.4 Å². The van der Waals surface area contributed by atoms with Gasteiger partial charge in [0.1, 0.15) is 28.5 Å². The first kappa shape index (κ1) is 28.8. The zero-order valence-corrected chi connectivity index (χ0v) is 23.7. The van der Waals surface area contributed by atoms with Crippen molar-refractivity contribution in [3.8, 4) is 23.6 Å². The molecular weight excluding hydrogens is 528 g/mol. The van der Waals surface area contributed by atoms with Gasteiger partial charge < -0.3 is 24.7 Å². The molecule has 2 aromatic rings. The number of methoxy groups -OCH3 is 2. The molecule has 2 aliphatic rings. The van der Waals surface area contributed by atoms with Crippen LogP contribution < -0.4 is 15.2 Å². The van der Waals surface area contributed by atoms with Crippen molar-refractivity contribution in [2.45, 2.75) is 56.4 Å². The zero-order valence-electron chi connectivity index (χ0n) is 22.9. The van der Waals surface area contributed by atoms with Gasteiger partial charge in [-0.15, -0.1) is 0 Å². The lowest BCUT2D eigenvalue weighted by Gasteiger charge is -2.28. The highest BCUT2D eigenvalue weighted by atomic mass is 32.2. The Morgan fingerprint density at radius 3 is 2.52 bits per heavy atom. The summed E-state index contributed by atoms with van der Waals surface area (Å²) in [6.45, 7) is 1.84. The Labute approximate surface area is 238 Å². The smallest absolute Gasteiger partial charge is 0.338 e. The first-order valence-electron chi connectivity index (χ1n) is 13.2. The molecule has 0 amide bonds. The monoisotopic (exact) mass is 560 g/mol. The Balaban J connectivity index is 1.78. The molecule has 1 aromatic heterocycles.